The van der Waals surface area contributed by atoms with Gasteiger partial charge in [-0.2, -0.15) is 0 Å². The lowest BCUT2D eigenvalue weighted by atomic mass is 10.1. The molecule has 140 valence electrons. The summed E-state index contributed by atoms with van der Waals surface area (Å²) in [5, 5.41) is 7.55. The van der Waals surface area contributed by atoms with Gasteiger partial charge in [-0.3, -0.25) is 4.79 Å². The van der Waals surface area contributed by atoms with E-state index in [0.29, 0.717) is 44.1 Å². The highest BCUT2D eigenvalue weighted by Gasteiger charge is 2.18. The maximum Gasteiger partial charge on any atom is 0.257 e. The average Bonchev–Trinajstić information content (AvgIpc) is 3.11. The van der Waals surface area contributed by atoms with Gasteiger partial charge in [0.05, 0.1) is 22.8 Å². The fourth-order valence-corrected chi connectivity index (χ4v) is 3.12. The number of ether oxygens (including phenoxy) is 1. The van der Waals surface area contributed by atoms with Crippen molar-refractivity contribution in [3.63, 3.8) is 0 Å². The number of amides is 1. The molecule has 0 aliphatic rings. The summed E-state index contributed by atoms with van der Waals surface area (Å²) in [7, 11) is 1.48. The number of nitrogens with zero attached hydrogens (tertiary/aromatic N) is 1. The van der Waals surface area contributed by atoms with Crippen molar-refractivity contribution in [2.75, 3.05) is 12.4 Å². The van der Waals surface area contributed by atoms with Crippen LogP contribution in [0.15, 0.2) is 47.0 Å². The monoisotopic (exact) mass is 444 g/mol. The summed E-state index contributed by atoms with van der Waals surface area (Å²) in [6.45, 7) is 0. The minimum Gasteiger partial charge on any atom is -0.495 e. The van der Waals surface area contributed by atoms with Crippen molar-refractivity contribution in [2.45, 2.75) is 4.84 Å². The Morgan fingerprint density at radius 3 is 2.48 bits per heavy atom. The zero-order chi connectivity index (χ0) is 19.6. The highest BCUT2D eigenvalue weighted by molar-refractivity contribution is 6.54. The standard InChI is InChI=1S/C18H12Cl4N2O3/c1-26-14-6-5-9(7-12(14)23-18(25)17(21)22)15-8-13(24-27-15)16-10(19)3-2-4-11(16)20/h2-8,17H,1H3,(H,23,25). The number of carbonyl (C=O) groups excluding carboxylic acids is 1. The van der Waals surface area contributed by atoms with E-state index in [0.717, 1.165) is 0 Å². The Morgan fingerprint density at radius 2 is 1.85 bits per heavy atom. The maximum atomic E-state index is 11.8. The van der Waals surface area contributed by atoms with Crippen molar-refractivity contribution in [1.82, 2.24) is 5.16 Å². The second kappa shape index (κ2) is 8.40. The molecule has 0 fully saturated rings. The smallest absolute Gasteiger partial charge is 0.257 e. The van der Waals surface area contributed by atoms with Gasteiger partial charge in [0.15, 0.2) is 10.6 Å². The van der Waals surface area contributed by atoms with Gasteiger partial charge >= 0.3 is 0 Å². The maximum absolute atomic E-state index is 11.8. The molecule has 0 spiro atoms. The molecule has 0 saturated carbocycles. The fourth-order valence-electron chi connectivity index (χ4n) is 2.42. The third-order valence-electron chi connectivity index (χ3n) is 3.67. The summed E-state index contributed by atoms with van der Waals surface area (Å²) in [4.78, 5) is 10.6. The molecule has 0 radical (unpaired) electrons. The van der Waals surface area contributed by atoms with Crippen LogP contribution in [0.5, 0.6) is 5.75 Å². The summed E-state index contributed by atoms with van der Waals surface area (Å²) < 4.78 is 10.7. The van der Waals surface area contributed by atoms with Crippen molar-refractivity contribution in [1.29, 1.82) is 0 Å². The van der Waals surface area contributed by atoms with E-state index in [1.165, 1.54) is 7.11 Å². The SMILES string of the molecule is COc1ccc(-c2cc(-c3c(Cl)cccc3Cl)no2)cc1NC(=O)C(Cl)Cl. The number of halogens is 4. The first-order valence-electron chi connectivity index (χ1n) is 7.59. The average molecular weight is 446 g/mol. The van der Waals surface area contributed by atoms with Crippen LogP contribution in [0.2, 0.25) is 10.0 Å². The second-order valence-corrected chi connectivity index (χ2v) is 7.29. The molecule has 3 aromatic rings. The molecule has 0 atom stereocenters. The molecule has 3 rings (SSSR count). The predicted molar refractivity (Wildman–Crippen MR) is 108 cm³/mol. The summed E-state index contributed by atoms with van der Waals surface area (Å²) in [6.07, 6.45) is 0. The highest BCUT2D eigenvalue weighted by Crippen LogP contribution is 2.37. The van der Waals surface area contributed by atoms with Gasteiger partial charge < -0.3 is 14.6 Å². The highest BCUT2D eigenvalue weighted by atomic mass is 35.5. The Labute approximate surface area is 175 Å². The fraction of sp³-hybridized carbons (Fsp3) is 0.111. The van der Waals surface area contributed by atoms with Crippen LogP contribution in [-0.2, 0) is 4.79 Å². The number of nitrogens with one attached hydrogen (secondary N) is 1. The predicted octanol–water partition coefficient (Wildman–Crippen LogP) is 6.07. The molecule has 0 bridgehead atoms. The minimum absolute atomic E-state index is 0.389. The normalized spacial score (nSPS) is 10.9. The first-order valence-corrected chi connectivity index (χ1v) is 9.22. The number of benzene rings is 2. The van der Waals surface area contributed by atoms with Gasteiger partial charge in [0.25, 0.3) is 5.91 Å². The van der Waals surface area contributed by atoms with E-state index in [1.54, 1.807) is 42.5 Å². The van der Waals surface area contributed by atoms with Crippen molar-refractivity contribution in [2.24, 2.45) is 0 Å². The van der Waals surface area contributed by atoms with Crippen LogP contribution in [-0.4, -0.2) is 23.0 Å². The number of anilines is 1. The molecule has 1 heterocycles. The Morgan fingerprint density at radius 1 is 1.15 bits per heavy atom. The first-order chi connectivity index (χ1) is 12.9. The van der Waals surface area contributed by atoms with Crippen molar-refractivity contribution < 1.29 is 14.1 Å². The molecule has 0 aliphatic heterocycles. The number of carbonyl (C=O) groups is 1. The van der Waals surface area contributed by atoms with Crippen LogP contribution < -0.4 is 10.1 Å². The van der Waals surface area contributed by atoms with Crippen LogP contribution in [0.25, 0.3) is 22.6 Å². The Hall–Kier alpha value is -1.92. The third kappa shape index (κ3) is 4.33. The number of alkyl halides is 2. The molecule has 5 nitrogen and oxygen atoms in total. The molecule has 27 heavy (non-hydrogen) atoms. The Balaban J connectivity index is 1.98. The van der Waals surface area contributed by atoms with E-state index in [2.05, 4.69) is 10.5 Å². The van der Waals surface area contributed by atoms with E-state index in [1.807, 2.05) is 0 Å². The largest absolute Gasteiger partial charge is 0.495 e. The first kappa shape index (κ1) is 19.8. The van der Waals surface area contributed by atoms with Gasteiger partial charge in [0.1, 0.15) is 11.4 Å². The Kier molecular flexibility index (Phi) is 6.17. The quantitative estimate of drug-likeness (QED) is 0.484. The molecule has 1 amide bonds. The summed E-state index contributed by atoms with van der Waals surface area (Å²) in [5.74, 6) is 0.317. The molecule has 2 aromatic carbocycles. The van der Waals surface area contributed by atoms with Crippen LogP contribution >= 0.6 is 46.4 Å². The number of hydrogen-bond donors (Lipinski definition) is 1. The van der Waals surface area contributed by atoms with Crippen LogP contribution in [0.3, 0.4) is 0 Å². The molecular weight excluding hydrogens is 434 g/mol. The number of aromatic nitrogens is 1. The van der Waals surface area contributed by atoms with Gasteiger partial charge in [0, 0.05) is 17.2 Å². The van der Waals surface area contributed by atoms with E-state index < -0.39 is 10.7 Å². The lowest BCUT2D eigenvalue weighted by Gasteiger charge is -2.11. The van der Waals surface area contributed by atoms with Crippen LogP contribution in [0, 0.1) is 0 Å². The summed E-state index contributed by atoms with van der Waals surface area (Å²) in [5.41, 5.74) is 2.10. The lowest BCUT2D eigenvalue weighted by Crippen LogP contribution is -2.19. The number of hydrogen-bond acceptors (Lipinski definition) is 4. The van der Waals surface area contributed by atoms with E-state index >= 15 is 0 Å². The van der Waals surface area contributed by atoms with Gasteiger partial charge in [-0.25, -0.2) is 0 Å². The summed E-state index contributed by atoms with van der Waals surface area (Å²) in [6, 6.07) is 12.0. The van der Waals surface area contributed by atoms with Crippen molar-refractivity contribution in [3.8, 4) is 28.3 Å². The molecule has 0 saturated heterocycles. The Bertz CT molecular complexity index is 968. The third-order valence-corrected chi connectivity index (χ3v) is 4.70. The number of methoxy groups -OCH3 is 1. The molecule has 1 aromatic heterocycles. The van der Waals surface area contributed by atoms with Gasteiger partial charge in [-0.05, 0) is 30.3 Å². The van der Waals surface area contributed by atoms with Crippen molar-refractivity contribution >= 4 is 58.0 Å². The van der Waals surface area contributed by atoms with Gasteiger partial charge in [-0.15, -0.1) is 0 Å². The second-order valence-electron chi connectivity index (χ2n) is 5.38. The van der Waals surface area contributed by atoms with Gasteiger partial charge in [-0.1, -0.05) is 57.6 Å². The molecule has 0 aliphatic carbocycles. The molecule has 9 heteroatoms. The molecular formula is C18H12Cl4N2O3. The minimum atomic E-state index is -1.21. The molecule has 0 unspecified atom stereocenters. The van der Waals surface area contributed by atoms with Gasteiger partial charge in [0.2, 0.25) is 0 Å². The van der Waals surface area contributed by atoms with Crippen LogP contribution in [0.1, 0.15) is 0 Å². The van der Waals surface area contributed by atoms with E-state index in [-0.39, 0.29) is 0 Å². The topological polar surface area (TPSA) is 64.4 Å². The lowest BCUT2D eigenvalue weighted by molar-refractivity contribution is -0.114. The number of rotatable bonds is 5. The molecule has 1 N–H and O–H groups in total. The van der Waals surface area contributed by atoms with Crippen LogP contribution in [0.4, 0.5) is 5.69 Å². The zero-order valence-electron chi connectivity index (χ0n) is 13.8. The zero-order valence-corrected chi connectivity index (χ0v) is 16.8. The summed E-state index contributed by atoms with van der Waals surface area (Å²) >= 11 is 23.6. The van der Waals surface area contributed by atoms with Crippen molar-refractivity contribution in [3.05, 3.63) is 52.5 Å². The van der Waals surface area contributed by atoms with E-state index in [4.69, 9.17) is 55.7 Å². The van der Waals surface area contributed by atoms with E-state index in [9.17, 15) is 4.79 Å².